The number of hydrogen-bond donors (Lipinski definition) is 1. The quantitative estimate of drug-likeness (QED) is 0.322. The second-order valence-electron chi connectivity index (χ2n) is 7.41. The average molecular weight is 492 g/mol. The molecule has 1 unspecified atom stereocenters. The van der Waals surface area contributed by atoms with E-state index in [0.29, 0.717) is 41.5 Å². The van der Waals surface area contributed by atoms with Gasteiger partial charge in [-0.3, -0.25) is 14.5 Å². The van der Waals surface area contributed by atoms with E-state index in [0.717, 1.165) is 4.47 Å². The number of ketones is 1. The number of hydrogen-bond acceptors (Lipinski definition) is 5. The maximum atomic E-state index is 13.2. The summed E-state index contributed by atoms with van der Waals surface area (Å²) in [6.07, 6.45) is 0. The average Bonchev–Trinajstić information content (AvgIpc) is 3.09. The number of ether oxygens (including phenoxy) is 2. The van der Waals surface area contributed by atoms with Crippen molar-refractivity contribution in [3.8, 4) is 11.5 Å². The first kappa shape index (κ1) is 20.3. The second kappa shape index (κ2) is 8.16. The standard InChI is InChI=1S/C25H18BrNO5/c26-17-9-6-15(7-10-17)22-21(24(29)25(30)27(22)18-4-2-1-3-5-18)23(28)16-8-11-19-20(14-16)32-13-12-31-19/h1-11,14,22,28H,12-13H2/b23-21-. The number of nitrogens with zero attached hydrogens (tertiary/aromatic N) is 1. The fourth-order valence-electron chi connectivity index (χ4n) is 3.99. The minimum absolute atomic E-state index is 0.0258. The maximum Gasteiger partial charge on any atom is 0.300 e. The van der Waals surface area contributed by atoms with E-state index in [9.17, 15) is 14.7 Å². The Bertz CT molecular complexity index is 1240. The normalized spacial score (nSPS) is 19.3. The monoisotopic (exact) mass is 491 g/mol. The number of Topliss-reactive ketones (excluding diaryl/α,β-unsaturated/α-hetero) is 1. The number of benzene rings is 3. The molecule has 2 heterocycles. The number of amides is 1. The first-order valence-electron chi connectivity index (χ1n) is 10.1. The summed E-state index contributed by atoms with van der Waals surface area (Å²) in [5.74, 6) is -0.635. The molecule has 1 fully saturated rings. The number of anilines is 1. The van der Waals surface area contributed by atoms with Gasteiger partial charge in [0.2, 0.25) is 0 Å². The molecule has 32 heavy (non-hydrogen) atoms. The van der Waals surface area contributed by atoms with E-state index in [1.165, 1.54) is 4.90 Å². The minimum atomic E-state index is -0.779. The molecule has 2 aliphatic rings. The Hall–Kier alpha value is -3.58. The Morgan fingerprint density at radius 2 is 1.59 bits per heavy atom. The number of carbonyl (C=O) groups is 2. The van der Waals surface area contributed by atoms with Gasteiger partial charge in [0.25, 0.3) is 11.7 Å². The molecule has 0 radical (unpaired) electrons. The highest BCUT2D eigenvalue weighted by atomic mass is 79.9. The molecule has 0 spiro atoms. The molecule has 0 aromatic heterocycles. The van der Waals surface area contributed by atoms with E-state index in [1.807, 2.05) is 30.3 Å². The number of aliphatic hydroxyl groups is 1. The lowest BCUT2D eigenvalue weighted by molar-refractivity contribution is -0.132. The van der Waals surface area contributed by atoms with E-state index in [4.69, 9.17) is 9.47 Å². The third-order valence-corrected chi connectivity index (χ3v) is 6.01. The van der Waals surface area contributed by atoms with Gasteiger partial charge >= 0.3 is 0 Å². The summed E-state index contributed by atoms with van der Waals surface area (Å²) in [5, 5.41) is 11.2. The predicted octanol–water partition coefficient (Wildman–Crippen LogP) is 4.85. The Balaban J connectivity index is 1.69. The van der Waals surface area contributed by atoms with Crippen LogP contribution >= 0.6 is 15.9 Å². The Labute approximate surface area is 192 Å². The zero-order chi connectivity index (χ0) is 22.2. The lowest BCUT2D eigenvalue weighted by atomic mass is 9.95. The highest BCUT2D eigenvalue weighted by Gasteiger charge is 2.47. The lowest BCUT2D eigenvalue weighted by Gasteiger charge is -2.25. The molecule has 7 heteroatoms. The van der Waals surface area contributed by atoms with Crippen LogP contribution in [0.2, 0.25) is 0 Å². The van der Waals surface area contributed by atoms with Gasteiger partial charge in [0.15, 0.2) is 11.5 Å². The van der Waals surface area contributed by atoms with Gasteiger partial charge in [-0.1, -0.05) is 46.3 Å². The van der Waals surface area contributed by atoms with Crippen molar-refractivity contribution < 1.29 is 24.2 Å². The van der Waals surface area contributed by atoms with Crippen molar-refractivity contribution >= 4 is 39.1 Å². The Morgan fingerprint density at radius 3 is 2.31 bits per heavy atom. The SMILES string of the molecule is O=C1C(=O)N(c2ccccc2)C(c2ccc(Br)cc2)/C1=C(/O)c1ccc2c(c1)OCCO2. The largest absolute Gasteiger partial charge is 0.507 e. The summed E-state index contributed by atoms with van der Waals surface area (Å²) >= 11 is 3.42. The van der Waals surface area contributed by atoms with Gasteiger partial charge in [-0.05, 0) is 48.0 Å². The molecule has 1 N–H and O–H groups in total. The second-order valence-corrected chi connectivity index (χ2v) is 8.33. The van der Waals surface area contributed by atoms with Crippen molar-refractivity contribution in [3.63, 3.8) is 0 Å². The fraction of sp³-hybridized carbons (Fsp3) is 0.120. The molecule has 0 aliphatic carbocycles. The van der Waals surface area contributed by atoms with Crippen LogP contribution in [-0.4, -0.2) is 30.0 Å². The molecule has 1 atom stereocenters. The number of carbonyl (C=O) groups excluding carboxylic acids is 2. The van der Waals surface area contributed by atoms with Gasteiger partial charge in [-0.25, -0.2) is 0 Å². The molecule has 3 aromatic carbocycles. The zero-order valence-corrected chi connectivity index (χ0v) is 18.4. The number of aliphatic hydroxyl groups excluding tert-OH is 1. The summed E-state index contributed by atoms with van der Waals surface area (Å²) in [4.78, 5) is 27.7. The van der Waals surface area contributed by atoms with Crippen LogP contribution in [0, 0.1) is 0 Å². The minimum Gasteiger partial charge on any atom is -0.507 e. The van der Waals surface area contributed by atoms with Crippen LogP contribution in [0.1, 0.15) is 17.2 Å². The molecular formula is C25H18BrNO5. The number of halogens is 1. The van der Waals surface area contributed by atoms with Gasteiger partial charge in [0.05, 0.1) is 11.6 Å². The number of rotatable bonds is 3. The fourth-order valence-corrected chi connectivity index (χ4v) is 4.26. The Kier molecular flexibility index (Phi) is 5.19. The van der Waals surface area contributed by atoms with E-state index < -0.39 is 17.7 Å². The van der Waals surface area contributed by atoms with E-state index in [1.54, 1.807) is 42.5 Å². The topological polar surface area (TPSA) is 76.1 Å². The molecule has 1 saturated heterocycles. The van der Waals surface area contributed by atoms with Crippen LogP contribution in [0.15, 0.2) is 82.8 Å². The van der Waals surface area contributed by atoms with Crippen LogP contribution < -0.4 is 14.4 Å². The van der Waals surface area contributed by atoms with Crippen LogP contribution in [-0.2, 0) is 9.59 Å². The first-order valence-corrected chi connectivity index (χ1v) is 10.9. The van der Waals surface area contributed by atoms with Crippen molar-refractivity contribution in [2.75, 3.05) is 18.1 Å². The van der Waals surface area contributed by atoms with Crippen LogP contribution in [0.3, 0.4) is 0 Å². The van der Waals surface area contributed by atoms with E-state index in [2.05, 4.69) is 15.9 Å². The highest BCUT2D eigenvalue weighted by molar-refractivity contribution is 9.10. The summed E-state index contributed by atoms with van der Waals surface area (Å²) in [6, 6.07) is 20.5. The molecule has 6 nitrogen and oxygen atoms in total. The van der Waals surface area contributed by atoms with Crippen LogP contribution in [0.4, 0.5) is 5.69 Å². The first-order chi connectivity index (χ1) is 15.5. The maximum absolute atomic E-state index is 13.2. The van der Waals surface area contributed by atoms with E-state index >= 15 is 0 Å². The highest BCUT2D eigenvalue weighted by Crippen LogP contribution is 2.43. The summed E-state index contributed by atoms with van der Waals surface area (Å²) in [6.45, 7) is 0.846. The molecule has 2 aliphatic heterocycles. The molecule has 1 amide bonds. The molecule has 3 aromatic rings. The van der Waals surface area contributed by atoms with Crippen molar-refractivity contribution in [3.05, 3.63) is 94.0 Å². The van der Waals surface area contributed by atoms with Crippen LogP contribution in [0.5, 0.6) is 11.5 Å². The molecule has 0 saturated carbocycles. The lowest BCUT2D eigenvalue weighted by Crippen LogP contribution is -2.29. The number of para-hydroxylation sites is 1. The smallest absolute Gasteiger partial charge is 0.300 e. The van der Waals surface area contributed by atoms with E-state index in [-0.39, 0.29) is 11.3 Å². The molecular weight excluding hydrogens is 474 g/mol. The van der Waals surface area contributed by atoms with Crippen molar-refractivity contribution in [1.29, 1.82) is 0 Å². The van der Waals surface area contributed by atoms with Gasteiger partial charge in [0.1, 0.15) is 19.0 Å². The predicted molar refractivity (Wildman–Crippen MR) is 123 cm³/mol. The van der Waals surface area contributed by atoms with Crippen molar-refractivity contribution in [2.45, 2.75) is 6.04 Å². The van der Waals surface area contributed by atoms with Crippen molar-refractivity contribution in [1.82, 2.24) is 0 Å². The number of fused-ring (bicyclic) bond motifs is 1. The summed E-state index contributed by atoms with van der Waals surface area (Å²) in [7, 11) is 0. The zero-order valence-electron chi connectivity index (χ0n) is 16.8. The third-order valence-electron chi connectivity index (χ3n) is 5.48. The molecule has 5 rings (SSSR count). The summed E-state index contributed by atoms with van der Waals surface area (Å²) in [5.41, 5.74) is 1.68. The van der Waals surface area contributed by atoms with Gasteiger partial charge in [0, 0.05) is 15.7 Å². The molecule has 160 valence electrons. The van der Waals surface area contributed by atoms with Crippen molar-refractivity contribution in [2.24, 2.45) is 0 Å². The Morgan fingerprint density at radius 1 is 0.906 bits per heavy atom. The third kappa shape index (κ3) is 3.44. The molecule has 0 bridgehead atoms. The van der Waals surface area contributed by atoms with Gasteiger partial charge in [-0.15, -0.1) is 0 Å². The van der Waals surface area contributed by atoms with Gasteiger partial charge in [-0.2, -0.15) is 0 Å². The van der Waals surface area contributed by atoms with Gasteiger partial charge < -0.3 is 14.6 Å². The summed E-state index contributed by atoms with van der Waals surface area (Å²) < 4.78 is 12.0. The van der Waals surface area contributed by atoms with Crippen LogP contribution in [0.25, 0.3) is 5.76 Å².